The molecule has 0 saturated heterocycles. The fourth-order valence-electron chi connectivity index (χ4n) is 3.76. The van der Waals surface area contributed by atoms with Crippen LogP contribution in [0.2, 0.25) is 0 Å². The first-order valence-corrected chi connectivity index (χ1v) is 13.9. The fourth-order valence-corrected chi connectivity index (χ4v) is 4.14. The van der Waals surface area contributed by atoms with E-state index < -0.39 is 5.91 Å². The van der Waals surface area contributed by atoms with E-state index in [1.54, 1.807) is 67.8 Å². The quantitative estimate of drug-likeness (QED) is 0.134. The van der Waals surface area contributed by atoms with Crippen molar-refractivity contribution in [1.82, 2.24) is 5.43 Å². The molecular formula is C32H30BrN3O6. The lowest BCUT2D eigenvalue weighted by Crippen LogP contribution is -2.20. The van der Waals surface area contributed by atoms with Gasteiger partial charge in [-0.25, -0.2) is 5.43 Å². The number of benzene rings is 4. The Morgan fingerprint density at radius 3 is 2.36 bits per heavy atom. The molecule has 42 heavy (non-hydrogen) atoms. The van der Waals surface area contributed by atoms with Gasteiger partial charge in [-0.1, -0.05) is 46.3 Å². The highest BCUT2D eigenvalue weighted by Crippen LogP contribution is 2.29. The van der Waals surface area contributed by atoms with E-state index in [1.165, 1.54) is 6.21 Å². The minimum Gasteiger partial charge on any atom is -0.497 e. The second kappa shape index (κ2) is 15.2. The van der Waals surface area contributed by atoms with Crippen molar-refractivity contribution in [2.75, 3.05) is 25.6 Å². The number of rotatable bonds is 13. The lowest BCUT2D eigenvalue weighted by atomic mass is 10.2. The van der Waals surface area contributed by atoms with E-state index >= 15 is 0 Å². The molecule has 0 spiro atoms. The molecule has 9 nitrogen and oxygen atoms in total. The summed E-state index contributed by atoms with van der Waals surface area (Å²) < 4.78 is 23.3. The van der Waals surface area contributed by atoms with Crippen molar-refractivity contribution in [3.63, 3.8) is 0 Å². The average molecular weight is 633 g/mol. The topological polar surface area (TPSA) is 107 Å². The maximum Gasteiger partial charge on any atom is 0.271 e. The minimum atomic E-state index is -0.432. The SMILES string of the molecule is CCOc1cc(C(=O)N/N=C/c2cc(Br)ccc2OCC(=O)Nc2ccc(OC)cc2)ccc1OCc1ccccc1. The van der Waals surface area contributed by atoms with Crippen molar-refractivity contribution in [1.29, 1.82) is 0 Å². The molecule has 0 aromatic heterocycles. The fraction of sp³-hybridized carbons (Fsp3) is 0.156. The van der Waals surface area contributed by atoms with Crippen molar-refractivity contribution in [2.45, 2.75) is 13.5 Å². The number of anilines is 1. The third-order valence-corrected chi connectivity index (χ3v) is 6.31. The van der Waals surface area contributed by atoms with Gasteiger partial charge in [-0.2, -0.15) is 5.10 Å². The number of halogens is 1. The highest BCUT2D eigenvalue weighted by molar-refractivity contribution is 9.10. The van der Waals surface area contributed by atoms with Crippen LogP contribution in [0.25, 0.3) is 0 Å². The summed E-state index contributed by atoms with van der Waals surface area (Å²) in [6.45, 7) is 2.42. The molecule has 4 aromatic rings. The molecule has 216 valence electrons. The molecule has 0 radical (unpaired) electrons. The summed E-state index contributed by atoms with van der Waals surface area (Å²) in [5.74, 6) is 1.33. The van der Waals surface area contributed by atoms with Crippen LogP contribution in [0.15, 0.2) is 101 Å². The van der Waals surface area contributed by atoms with E-state index in [-0.39, 0.29) is 12.5 Å². The largest absolute Gasteiger partial charge is 0.497 e. The van der Waals surface area contributed by atoms with E-state index in [4.69, 9.17) is 18.9 Å². The van der Waals surface area contributed by atoms with Crippen molar-refractivity contribution in [2.24, 2.45) is 5.10 Å². The summed E-state index contributed by atoms with van der Waals surface area (Å²) in [5, 5.41) is 6.86. The monoisotopic (exact) mass is 631 g/mol. The van der Waals surface area contributed by atoms with E-state index in [2.05, 4.69) is 31.8 Å². The molecule has 0 bridgehead atoms. The van der Waals surface area contributed by atoms with E-state index in [0.29, 0.717) is 53.0 Å². The highest BCUT2D eigenvalue weighted by atomic mass is 79.9. The molecule has 0 saturated carbocycles. The molecule has 0 unspecified atom stereocenters. The Balaban J connectivity index is 1.36. The van der Waals surface area contributed by atoms with E-state index in [9.17, 15) is 9.59 Å². The second-order valence-electron chi connectivity index (χ2n) is 8.82. The Labute approximate surface area is 252 Å². The van der Waals surface area contributed by atoms with Crippen LogP contribution in [0.4, 0.5) is 5.69 Å². The molecule has 4 rings (SSSR count). The van der Waals surface area contributed by atoms with Gasteiger partial charge in [-0.3, -0.25) is 9.59 Å². The maximum atomic E-state index is 12.8. The van der Waals surface area contributed by atoms with Crippen LogP contribution in [0, 0.1) is 0 Å². The number of amides is 2. The number of hydrogen-bond donors (Lipinski definition) is 2. The first kappa shape index (κ1) is 30.1. The van der Waals surface area contributed by atoms with Gasteiger partial charge in [-0.15, -0.1) is 0 Å². The molecule has 0 aliphatic rings. The van der Waals surface area contributed by atoms with Gasteiger partial charge in [-0.05, 0) is 73.2 Å². The van der Waals surface area contributed by atoms with Gasteiger partial charge >= 0.3 is 0 Å². The normalized spacial score (nSPS) is 10.6. The van der Waals surface area contributed by atoms with E-state index in [0.717, 1.165) is 10.0 Å². The highest BCUT2D eigenvalue weighted by Gasteiger charge is 2.12. The lowest BCUT2D eigenvalue weighted by molar-refractivity contribution is -0.118. The van der Waals surface area contributed by atoms with Gasteiger partial charge in [0, 0.05) is 21.3 Å². The van der Waals surface area contributed by atoms with Crippen molar-refractivity contribution in [3.8, 4) is 23.0 Å². The molecule has 0 fully saturated rings. The summed E-state index contributed by atoms with van der Waals surface area (Å²) in [7, 11) is 1.57. The van der Waals surface area contributed by atoms with Crippen LogP contribution in [0.1, 0.15) is 28.4 Å². The van der Waals surface area contributed by atoms with Gasteiger partial charge in [0.2, 0.25) is 0 Å². The third-order valence-electron chi connectivity index (χ3n) is 5.82. The number of ether oxygens (including phenoxy) is 4. The van der Waals surface area contributed by atoms with Crippen LogP contribution in [0.3, 0.4) is 0 Å². The number of hydrazone groups is 1. The molecule has 0 heterocycles. The average Bonchev–Trinajstić information content (AvgIpc) is 3.01. The Hall–Kier alpha value is -4.83. The van der Waals surface area contributed by atoms with Crippen LogP contribution in [0.5, 0.6) is 23.0 Å². The van der Waals surface area contributed by atoms with Crippen molar-refractivity contribution >= 4 is 39.6 Å². The maximum absolute atomic E-state index is 12.8. The van der Waals surface area contributed by atoms with Crippen molar-refractivity contribution < 1.29 is 28.5 Å². The molecule has 10 heteroatoms. The standard InChI is InChI=1S/C32H30BrN3O6/c1-3-40-30-18-23(9-15-29(30)41-20-22-7-5-4-6-8-22)32(38)36-34-19-24-17-25(33)10-16-28(24)42-21-31(37)35-26-11-13-27(39-2)14-12-26/h4-19H,3,20-21H2,1-2H3,(H,35,37)(H,36,38)/b34-19+. The molecule has 2 amide bonds. The smallest absolute Gasteiger partial charge is 0.271 e. The third kappa shape index (κ3) is 8.84. The molecule has 4 aromatic carbocycles. The number of carbonyl (C=O) groups excluding carboxylic acids is 2. The first-order chi connectivity index (χ1) is 20.4. The number of methoxy groups -OCH3 is 1. The Bertz CT molecular complexity index is 1530. The number of nitrogens with one attached hydrogen (secondary N) is 2. The predicted molar refractivity (Wildman–Crippen MR) is 165 cm³/mol. The van der Waals surface area contributed by atoms with Crippen molar-refractivity contribution in [3.05, 3.63) is 112 Å². The molecule has 2 N–H and O–H groups in total. The molecule has 0 aliphatic carbocycles. The zero-order chi connectivity index (χ0) is 29.7. The van der Waals surface area contributed by atoms with Crippen LogP contribution < -0.4 is 29.7 Å². The number of carbonyl (C=O) groups is 2. The van der Waals surface area contributed by atoms with Gasteiger partial charge in [0.25, 0.3) is 11.8 Å². The van der Waals surface area contributed by atoms with Crippen LogP contribution >= 0.6 is 15.9 Å². The molecule has 0 aliphatic heterocycles. The Morgan fingerprint density at radius 2 is 1.62 bits per heavy atom. The van der Waals surface area contributed by atoms with Gasteiger partial charge < -0.3 is 24.3 Å². The molecular weight excluding hydrogens is 602 g/mol. The van der Waals surface area contributed by atoms with Gasteiger partial charge in [0.1, 0.15) is 18.1 Å². The predicted octanol–water partition coefficient (Wildman–Crippen LogP) is 6.22. The minimum absolute atomic E-state index is 0.222. The van der Waals surface area contributed by atoms with Crippen LogP contribution in [-0.2, 0) is 11.4 Å². The summed E-state index contributed by atoms with van der Waals surface area (Å²) in [5.41, 5.74) is 5.07. The van der Waals surface area contributed by atoms with Crippen LogP contribution in [-0.4, -0.2) is 38.4 Å². The zero-order valence-electron chi connectivity index (χ0n) is 23.1. The zero-order valence-corrected chi connectivity index (χ0v) is 24.7. The lowest BCUT2D eigenvalue weighted by Gasteiger charge is -2.13. The summed E-state index contributed by atoms with van der Waals surface area (Å²) in [4.78, 5) is 25.2. The Morgan fingerprint density at radius 1 is 0.857 bits per heavy atom. The number of nitrogens with zero attached hydrogens (tertiary/aromatic N) is 1. The summed E-state index contributed by atoms with van der Waals surface area (Å²) >= 11 is 3.43. The molecule has 0 atom stereocenters. The number of hydrogen-bond acceptors (Lipinski definition) is 7. The summed E-state index contributed by atoms with van der Waals surface area (Å²) in [6.07, 6.45) is 1.44. The van der Waals surface area contributed by atoms with Gasteiger partial charge in [0.15, 0.2) is 18.1 Å². The first-order valence-electron chi connectivity index (χ1n) is 13.1. The Kier molecular flexibility index (Phi) is 10.9. The summed E-state index contributed by atoms with van der Waals surface area (Å²) in [6, 6.07) is 27.0. The van der Waals surface area contributed by atoms with E-state index in [1.807, 2.05) is 37.3 Å². The van der Waals surface area contributed by atoms with Gasteiger partial charge in [0.05, 0.1) is 19.9 Å². The second-order valence-corrected chi connectivity index (χ2v) is 9.73.